The molecule has 5 nitrogen and oxygen atoms in total. The number of carbonyl (C=O) groups excluding carboxylic acids is 1. The van der Waals surface area contributed by atoms with Crippen LogP contribution in [0.15, 0.2) is 77.7 Å². The molecule has 0 aliphatic rings. The molecule has 0 heterocycles. The molecule has 1 amide bonds. The van der Waals surface area contributed by atoms with Crippen LogP contribution in [0.1, 0.15) is 49.2 Å². The molecule has 0 saturated heterocycles. The number of hydrogen-bond acceptors (Lipinski definition) is 4. The molecule has 168 valence electrons. The summed E-state index contributed by atoms with van der Waals surface area (Å²) in [5.74, 6) is -0.0129. The first-order valence-corrected chi connectivity index (χ1v) is 12.0. The smallest absolute Gasteiger partial charge is 0.272 e. The Balaban J connectivity index is 2.09. The van der Waals surface area contributed by atoms with Gasteiger partial charge in [-0.25, -0.2) is 8.42 Å². The summed E-state index contributed by atoms with van der Waals surface area (Å²) in [5, 5.41) is 0. The van der Waals surface area contributed by atoms with Crippen molar-refractivity contribution in [2.24, 2.45) is 0 Å². The Hall–Kier alpha value is -3.12. The van der Waals surface area contributed by atoms with Gasteiger partial charge in [0, 0.05) is 5.56 Å². The summed E-state index contributed by atoms with van der Waals surface area (Å²) >= 11 is 0. The van der Waals surface area contributed by atoms with Gasteiger partial charge in [-0.05, 0) is 73.4 Å². The molecule has 0 unspecified atom stereocenters. The first-order chi connectivity index (χ1) is 15.0. The normalized spacial score (nSPS) is 11.8. The number of nitrogens with zero attached hydrogens (tertiary/aromatic N) is 1. The van der Waals surface area contributed by atoms with Crippen molar-refractivity contribution in [3.05, 3.63) is 89.5 Å². The third-order valence-corrected chi connectivity index (χ3v) is 6.85. The van der Waals surface area contributed by atoms with Crippen molar-refractivity contribution in [1.29, 1.82) is 0 Å². The van der Waals surface area contributed by atoms with Crippen molar-refractivity contribution >= 4 is 21.6 Å². The molecule has 0 radical (unpaired) electrons. The maximum atomic E-state index is 13.6. The number of amides is 1. The van der Waals surface area contributed by atoms with Gasteiger partial charge in [0.25, 0.3) is 15.9 Å². The van der Waals surface area contributed by atoms with Crippen LogP contribution in [0.25, 0.3) is 0 Å². The van der Waals surface area contributed by atoms with Gasteiger partial charge in [0.05, 0.1) is 17.2 Å². The molecule has 32 heavy (non-hydrogen) atoms. The molecule has 0 aromatic heterocycles. The number of benzene rings is 3. The lowest BCUT2D eigenvalue weighted by molar-refractivity contribution is 0.100. The molecule has 0 atom stereocenters. The molecule has 0 spiro atoms. The zero-order valence-electron chi connectivity index (χ0n) is 19.1. The molecule has 0 N–H and O–H groups in total. The first kappa shape index (κ1) is 23.5. The second-order valence-corrected chi connectivity index (χ2v) is 10.4. The maximum absolute atomic E-state index is 13.6. The summed E-state index contributed by atoms with van der Waals surface area (Å²) in [4.78, 5) is 13.6. The van der Waals surface area contributed by atoms with E-state index >= 15 is 0 Å². The Kier molecular flexibility index (Phi) is 6.74. The molecule has 6 heteroatoms. The lowest BCUT2D eigenvalue weighted by Gasteiger charge is -2.24. The van der Waals surface area contributed by atoms with Crippen LogP contribution in [-0.2, 0) is 15.4 Å². The third-order valence-electron chi connectivity index (χ3n) is 5.12. The molecule has 0 saturated carbocycles. The van der Waals surface area contributed by atoms with Crippen molar-refractivity contribution < 1.29 is 17.9 Å². The van der Waals surface area contributed by atoms with Crippen LogP contribution in [0.5, 0.6) is 5.75 Å². The van der Waals surface area contributed by atoms with E-state index < -0.39 is 15.9 Å². The zero-order valence-corrected chi connectivity index (χ0v) is 19.9. The summed E-state index contributed by atoms with van der Waals surface area (Å²) in [6.45, 7) is 10.5. The highest BCUT2D eigenvalue weighted by molar-refractivity contribution is 7.93. The van der Waals surface area contributed by atoms with E-state index in [4.69, 9.17) is 4.74 Å². The van der Waals surface area contributed by atoms with Crippen LogP contribution in [0.3, 0.4) is 0 Å². The second-order valence-electron chi connectivity index (χ2n) is 8.64. The van der Waals surface area contributed by atoms with Crippen LogP contribution in [-0.4, -0.2) is 20.9 Å². The predicted molar refractivity (Wildman–Crippen MR) is 128 cm³/mol. The molecule has 0 aliphatic carbocycles. The second kappa shape index (κ2) is 9.17. The fraction of sp³-hybridized carbons (Fsp3) is 0.269. The topological polar surface area (TPSA) is 63.7 Å². The van der Waals surface area contributed by atoms with Gasteiger partial charge in [-0.15, -0.1) is 0 Å². The molecule has 0 bridgehead atoms. The molecular weight excluding hydrogens is 422 g/mol. The summed E-state index contributed by atoms with van der Waals surface area (Å²) in [7, 11) is -4.14. The highest BCUT2D eigenvalue weighted by atomic mass is 32.2. The van der Waals surface area contributed by atoms with Gasteiger partial charge in [0.1, 0.15) is 5.75 Å². The van der Waals surface area contributed by atoms with E-state index in [1.54, 1.807) is 48.5 Å². The number of sulfonamides is 1. The van der Waals surface area contributed by atoms with Crippen LogP contribution in [0.2, 0.25) is 0 Å². The lowest BCUT2D eigenvalue weighted by Crippen LogP contribution is -2.37. The fourth-order valence-corrected chi connectivity index (χ4v) is 4.67. The van der Waals surface area contributed by atoms with E-state index in [2.05, 4.69) is 20.8 Å². The van der Waals surface area contributed by atoms with Crippen molar-refractivity contribution in [2.45, 2.75) is 44.9 Å². The molecule has 3 aromatic carbocycles. The minimum absolute atomic E-state index is 0.0525. The van der Waals surface area contributed by atoms with Gasteiger partial charge in [-0.3, -0.25) is 4.79 Å². The number of ether oxygens (including phenoxy) is 1. The van der Waals surface area contributed by atoms with Gasteiger partial charge in [0.15, 0.2) is 0 Å². The van der Waals surface area contributed by atoms with Gasteiger partial charge < -0.3 is 4.74 Å². The molecule has 3 rings (SSSR count). The van der Waals surface area contributed by atoms with Crippen molar-refractivity contribution in [3.8, 4) is 5.75 Å². The number of hydrogen-bond donors (Lipinski definition) is 0. The zero-order chi connectivity index (χ0) is 23.5. The van der Waals surface area contributed by atoms with E-state index in [0.29, 0.717) is 17.9 Å². The van der Waals surface area contributed by atoms with Crippen LogP contribution in [0.4, 0.5) is 5.69 Å². The average Bonchev–Trinajstić information content (AvgIpc) is 2.75. The molecule has 0 fully saturated rings. The monoisotopic (exact) mass is 451 g/mol. The Morgan fingerprint density at radius 1 is 0.875 bits per heavy atom. The summed E-state index contributed by atoms with van der Waals surface area (Å²) in [6.07, 6.45) is 0. The van der Waals surface area contributed by atoms with Gasteiger partial charge in [-0.1, -0.05) is 50.6 Å². The summed E-state index contributed by atoms with van der Waals surface area (Å²) < 4.78 is 33.5. The number of rotatable bonds is 6. The maximum Gasteiger partial charge on any atom is 0.272 e. The van der Waals surface area contributed by atoms with Crippen LogP contribution >= 0.6 is 0 Å². The van der Waals surface area contributed by atoms with E-state index in [9.17, 15) is 13.2 Å². The average molecular weight is 452 g/mol. The Bertz CT molecular complexity index is 1170. The minimum atomic E-state index is -4.14. The summed E-state index contributed by atoms with van der Waals surface area (Å²) in [6, 6.07) is 20.0. The molecule has 3 aromatic rings. The van der Waals surface area contributed by atoms with Crippen LogP contribution < -0.4 is 9.04 Å². The minimum Gasteiger partial charge on any atom is -0.494 e. The Labute approximate surface area is 190 Å². The van der Waals surface area contributed by atoms with Crippen molar-refractivity contribution in [3.63, 3.8) is 0 Å². The number of aryl methyl sites for hydroxylation is 1. The lowest BCUT2D eigenvalue weighted by atomic mass is 9.87. The van der Waals surface area contributed by atoms with Crippen molar-refractivity contribution in [2.75, 3.05) is 10.9 Å². The summed E-state index contributed by atoms with van der Waals surface area (Å²) in [5.41, 5.74) is 2.45. The SMILES string of the molecule is CCOc1ccc(N(C(=O)c2ccc(C(C)(C)C)cc2)S(=O)(=O)c2ccc(C)cc2)cc1. The third kappa shape index (κ3) is 5.02. The van der Waals surface area contributed by atoms with Gasteiger partial charge in [-0.2, -0.15) is 4.31 Å². The van der Waals surface area contributed by atoms with Crippen molar-refractivity contribution in [1.82, 2.24) is 0 Å². The number of carbonyl (C=O) groups is 1. The Morgan fingerprint density at radius 3 is 1.94 bits per heavy atom. The van der Waals surface area contributed by atoms with E-state index in [0.717, 1.165) is 15.4 Å². The standard InChI is InChI=1S/C26H29NO4S/c1-6-31-23-15-13-22(14-16-23)27(32(29,30)24-17-7-19(2)8-18-24)25(28)20-9-11-21(12-10-20)26(3,4)5/h7-18H,6H2,1-5H3. The van der Waals surface area contributed by atoms with Gasteiger partial charge >= 0.3 is 0 Å². The molecular formula is C26H29NO4S. The van der Waals surface area contributed by atoms with E-state index in [1.165, 1.54) is 12.1 Å². The largest absolute Gasteiger partial charge is 0.494 e. The van der Waals surface area contributed by atoms with Gasteiger partial charge in [0.2, 0.25) is 0 Å². The fourth-order valence-electron chi connectivity index (χ4n) is 3.26. The highest BCUT2D eigenvalue weighted by Gasteiger charge is 2.32. The van der Waals surface area contributed by atoms with E-state index in [-0.39, 0.29) is 16.0 Å². The predicted octanol–water partition coefficient (Wildman–Crippen LogP) is 5.73. The number of anilines is 1. The Morgan fingerprint density at radius 2 is 1.44 bits per heavy atom. The molecule has 0 aliphatic heterocycles. The first-order valence-electron chi connectivity index (χ1n) is 10.5. The highest BCUT2D eigenvalue weighted by Crippen LogP contribution is 2.29. The van der Waals surface area contributed by atoms with Crippen LogP contribution in [0, 0.1) is 6.92 Å². The van der Waals surface area contributed by atoms with E-state index in [1.807, 2.05) is 26.0 Å². The quantitative estimate of drug-likeness (QED) is 0.480.